The van der Waals surface area contributed by atoms with Crippen molar-refractivity contribution in [3.63, 3.8) is 0 Å². The summed E-state index contributed by atoms with van der Waals surface area (Å²) in [5, 5.41) is 3.71. The van der Waals surface area contributed by atoms with Gasteiger partial charge in [0.05, 0.1) is 14.2 Å². The van der Waals surface area contributed by atoms with Gasteiger partial charge < -0.3 is 14.8 Å². The second-order valence-electron chi connectivity index (χ2n) is 4.92. The van der Waals surface area contributed by atoms with Gasteiger partial charge in [-0.25, -0.2) is 0 Å². The lowest BCUT2D eigenvalue weighted by Gasteiger charge is -2.26. The number of nitrogens with one attached hydrogen (secondary N) is 1. The van der Waals surface area contributed by atoms with E-state index in [1.807, 2.05) is 17.8 Å². The first-order valence-corrected chi connectivity index (χ1v) is 7.95. The first-order chi connectivity index (χ1) is 9.24. The SMILES string of the molecule is COc1ccc([C@@H](C)N[C@H]2CCCSC2)cc1OC. The molecule has 1 saturated heterocycles. The summed E-state index contributed by atoms with van der Waals surface area (Å²) in [7, 11) is 3.34. The van der Waals surface area contributed by atoms with Gasteiger partial charge >= 0.3 is 0 Å². The summed E-state index contributed by atoms with van der Waals surface area (Å²) in [6.07, 6.45) is 2.60. The standard InChI is InChI=1S/C15H23NO2S/c1-11(16-13-5-4-8-19-10-13)12-6-7-14(17-2)15(9-12)18-3/h6-7,9,11,13,16H,4-5,8,10H2,1-3H3/t11-,13+/m1/s1. The average molecular weight is 281 g/mol. The van der Waals surface area contributed by atoms with Crippen LogP contribution in [0.4, 0.5) is 0 Å². The molecule has 106 valence electrons. The van der Waals surface area contributed by atoms with Crippen LogP contribution in [0.5, 0.6) is 11.5 Å². The monoisotopic (exact) mass is 281 g/mol. The van der Waals surface area contributed by atoms with Gasteiger partial charge in [0, 0.05) is 17.8 Å². The van der Waals surface area contributed by atoms with Crippen molar-refractivity contribution in [1.29, 1.82) is 0 Å². The van der Waals surface area contributed by atoms with Crippen LogP contribution in [0.2, 0.25) is 0 Å². The second kappa shape index (κ2) is 7.06. The van der Waals surface area contributed by atoms with Gasteiger partial charge in [-0.1, -0.05) is 6.07 Å². The third-order valence-electron chi connectivity index (χ3n) is 3.55. The second-order valence-corrected chi connectivity index (χ2v) is 6.07. The molecule has 0 aliphatic carbocycles. The van der Waals surface area contributed by atoms with Crippen molar-refractivity contribution in [1.82, 2.24) is 5.32 Å². The fourth-order valence-corrected chi connectivity index (χ4v) is 3.53. The first-order valence-electron chi connectivity index (χ1n) is 6.80. The zero-order chi connectivity index (χ0) is 13.7. The molecule has 0 saturated carbocycles. The lowest BCUT2D eigenvalue weighted by molar-refractivity contribution is 0.353. The zero-order valence-corrected chi connectivity index (χ0v) is 12.8. The van der Waals surface area contributed by atoms with Crippen molar-refractivity contribution in [3.8, 4) is 11.5 Å². The van der Waals surface area contributed by atoms with Crippen LogP contribution in [-0.4, -0.2) is 31.8 Å². The Labute approximate surface area is 120 Å². The lowest BCUT2D eigenvalue weighted by atomic mass is 10.1. The van der Waals surface area contributed by atoms with E-state index in [0.717, 1.165) is 11.5 Å². The Bertz CT molecular complexity index is 405. The molecule has 0 bridgehead atoms. The first kappa shape index (κ1) is 14.5. The summed E-state index contributed by atoms with van der Waals surface area (Å²) < 4.78 is 10.6. The quantitative estimate of drug-likeness (QED) is 0.897. The van der Waals surface area contributed by atoms with Crippen LogP contribution in [-0.2, 0) is 0 Å². The highest BCUT2D eigenvalue weighted by atomic mass is 32.2. The summed E-state index contributed by atoms with van der Waals surface area (Å²) in [6, 6.07) is 7.11. The average Bonchev–Trinajstić information content (AvgIpc) is 2.47. The van der Waals surface area contributed by atoms with Crippen LogP contribution >= 0.6 is 11.8 Å². The van der Waals surface area contributed by atoms with E-state index in [2.05, 4.69) is 24.4 Å². The van der Waals surface area contributed by atoms with Crippen LogP contribution in [0.25, 0.3) is 0 Å². The Morgan fingerprint density at radius 3 is 2.68 bits per heavy atom. The van der Waals surface area contributed by atoms with Crippen molar-refractivity contribution in [2.75, 3.05) is 25.7 Å². The van der Waals surface area contributed by atoms with Gasteiger partial charge in [-0.15, -0.1) is 0 Å². The van der Waals surface area contributed by atoms with E-state index in [9.17, 15) is 0 Å². The van der Waals surface area contributed by atoms with Gasteiger partial charge in [0.2, 0.25) is 0 Å². The summed E-state index contributed by atoms with van der Waals surface area (Å²) >= 11 is 2.05. The van der Waals surface area contributed by atoms with Gasteiger partial charge in [0.25, 0.3) is 0 Å². The minimum atomic E-state index is 0.337. The smallest absolute Gasteiger partial charge is 0.161 e. The van der Waals surface area contributed by atoms with Crippen molar-refractivity contribution in [3.05, 3.63) is 23.8 Å². The molecule has 0 aromatic heterocycles. The van der Waals surface area contributed by atoms with E-state index in [0.29, 0.717) is 12.1 Å². The molecule has 1 N–H and O–H groups in total. The minimum absolute atomic E-state index is 0.337. The van der Waals surface area contributed by atoms with Crippen molar-refractivity contribution >= 4 is 11.8 Å². The molecule has 1 aliphatic rings. The molecule has 1 fully saturated rings. The molecule has 0 unspecified atom stereocenters. The number of rotatable bonds is 5. The predicted octanol–water partition coefficient (Wildman–Crippen LogP) is 3.25. The summed E-state index contributed by atoms with van der Waals surface area (Å²) in [6.45, 7) is 2.21. The summed E-state index contributed by atoms with van der Waals surface area (Å²) in [4.78, 5) is 0. The molecule has 0 radical (unpaired) electrons. The van der Waals surface area contributed by atoms with Crippen LogP contribution in [0.1, 0.15) is 31.4 Å². The Balaban J connectivity index is 2.03. The maximum Gasteiger partial charge on any atom is 0.161 e. The highest BCUT2D eigenvalue weighted by Gasteiger charge is 2.17. The molecular formula is C15H23NO2S. The number of benzene rings is 1. The lowest BCUT2D eigenvalue weighted by Crippen LogP contribution is -2.35. The van der Waals surface area contributed by atoms with Gasteiger partial charge in [0.15, 0.2) is 11.5 Å². The number of thioether (sulfide) groups is 1. The van der Waals surface area contributed by atoms with Crippen LogP contribution in [0, 0.1) is 0 Å². The molecule has 4 heteroatoms. The van der Waals surface area contributed by atoms with Gasteiger partial charge in [-0.2, -0.15) is 11.8 Å². The van der Waals surface area contributed by atoms with Gasteiger partial charge in [0.1, 0.15) is 0 Å². The molecule has 1 aromatic rings. The molecule has 1 aliphatic heterocycles. The third kappa shape index (κ3) is 3.80. The minimum Gasteiger partial charge on any atom is -0.493 e. The van der Waals surface area contributed by atoms with E-state index in [-0.39, 0.29) is 0 Å². The Morgan fingerprint density at radius 2 is 2.05 bits per heavy atom. The molecule has 0 amide bonds. The Kier molecular flexibility index (Phi) is 5.40. The van der Waals surface area contributed by atoms with E-state index in [4.69, 9.17) is 9.47 Å². The normalized spacial score (nSPS) is 20.9. The van der Waals surface area contributed by atoms with Crippen LogP contribution in [0.15, 0.2) is 18.2 Å². The van der Waals surface area contributed by atoms with Crippen molar-refractivity contribution in [2.45, 2.75) is 31.8 Å². The molecule has 0 spiro atoms. The van der Waals surface area contributed by atoms with Crippen LogP contribution in [0.3, 0.4) is 0 Å². The number of hydrogen-bond donors (Lipinski definition) is 1. The highest BCUT2D eigenvalue weighted by Crippen LogP contribution is 2.30. The third-order valence-corrected chi connectivity index (χ3v) is 4.77. The molecule has 19 heavy (non-hydrogen) atoms. The summed E-state index contributed by atoms with van der Waals surface area (Å²) in [5.41, 5.74) is 1.24. The van der Waals surface area contributed by atoms with Crippen molar-refractivity contribution in [2.24, 2.45) is 0 Å². The van der Waals surface area contributed by atoms with E-state index >= 15 is 0 Å². The van der Waals surface area contributed by atoms with E-state index in [1.54, 1.807) is 14.2 Å². The maximum atomic E-state index is 5.36. The number of methoxy groups -OCH3 is 2. The Morgan fingerprint density at radius 1 is 1.26 bits per heavy atom. The molecule has 1 aromatic carbocycles. The van der Waals surface area contributed by atoms with E-state index in [1.165, 1.54) is 29.9 Å². The molecule has 2 rings (SSSR count). The number of hydrogen-bond acceptors (Lipinski definition) is 4. The highest BCUT2D eigenvalue weighted by molar-refractivity contribution is 7.99. The zero-order valence-electron chi connectivity index (χ0n) is 11.9. The number of ether oxygens (including phenoxy) is 2. The molecule has 1 heterocycles. The molecular weight excluding hydrogens is 258 g/mol. The van der Waals surface area contributed by atoms with Gasteiger partial charge in [-0.3, -0.25) is 0 Å². The van der Waals surface area contributed by atoms with Crippen molar-refractivity contribution < 1.29 is 9.47 Å². The largest absolute Gasteiger partial charge is 0.493 e. The van der Waals surface area contributed by atoms with Gasteiger partial charge in [-0.05, 0) is 43.2 Å². The maximum absolute atomic E-state index is 5.36. The molecule has 3 nitrogen and oxygen atoms in total. The van der Waals surface area contributed by atoms with Crippen LogP contribution < -0.4 is 14.8 Å². The van der Waals surface area contributed by atoms with E-state index < -0.39 is 0 Å². The fraction of sp³-hybridized carbons (Fsp3) is 0.600. The topological polar surface area (TPSA) is 30.5 Å². The molecule has 2 atom stereocenters. The Hall–Kier alpha value is -0.870. The fourth-order valence-electron chi connectivity index (χ4n) is 2.44. The summed E-state index contributed by atoms with van der Waals surface area (Å²) in [5.74, 6) is 4.11. The predicted molar refractivity (Wildman–Crippen MR) is 81.4 cm³/mol.